The second-order valence-electron chi connectivity index (χ2n) is 6.01. The van der Waals surface area contributed by atoms with Gasteiger partial charge in [0.1, 0.15) is 0 Å². The normalized spacial score (nSPS) is 24.9. The summed E-state index contributed by atoms with van der Waals surface area (Å²) in [6.45, 7) is 2.59. The molecule has 0 bridgehead atoms. The fraction of sp³-hybridized carbons (Fsp3) is 0.625. The van der Waals surface area contributed by atoms with Crippen LogP contribution in [0.5, 0.6) is 0 Å². The first kappa shape index (κ1) is 15.4. The zero-order valence-corrected chi connectivity index (χ0v) is 12.1. The first-order valence-corrected chi connectivity index (χ1v) is 7.31. The van der Waals surface area contributed by atoms with Crippen LogP contribution in [0.4, 0.5) is 8.78 Å². The van der Waals surface area contributed by atoms with Crippen molar-refractivity contribution in [1.82, 2.24) is 4.90 Å². The fourth-order valence-electron chi connectivity index (χ4n) is 2.98. The lowest BCUT2D eigenvalue weighted by Gasteiger charge is -2.34. The van der Waals surface area contributed by atoms with Crippen LogP contribution in [0.2, 0.25) is 0 Å². The molecule has 1 aliphatic rings. The van der Waals surface area contributed by atoms with Crippen LogP contribution in [0, 0.1) is 17.6 Å². The molecular weight excluding hydrogens is 260 g/mol. The minimum absolute atomic E-state index is 0.0426. The predicted molar refractivity (Wildman–Crippen MR) is 75.4 cm³/mol. The topological polar surface area (TPSA) is 23.5 Å². The molecule has 1 aromatic rings. The summed E-state index contributed by atoms with van der Waals surface area (Å²) in [6.07, 6.45) is 3.61. The number of aliphatic hydroxyl groups is 1. The van der Waals surface area contributed by atoms with E-state index in [1.54, 1.807) is 0 Å². The number of likely N-dealkylation sites (N-methyl/N-ethyl adjacent to an activating group) is 1. The molecule has 1 N–H and O–H groups in total. The van der Waals surface area contributed by atoms with Gasteiger partial charge < -0.3 is 10.0 Å². The van der Waals surface area contributed by atoms with Gasteiger partial charge in [-0.05, 0) is 44.7 Å². The third kappa shape index (κ3) is 3.55. The average Bonchev–Trinajstić information content (AvgIpc) is 2.42. The average molecular weight is 283 g/mol. The van der Waals surface area contributed by atoms with Crippen LogP contribution in [0.15, 0.2) is 18.2 Å². The van der Waals surface area contributed by atoms with Crippen LogP contribution in [-0.2, 0) is 0 Å². The number of hydrogen-bond donors (Lipinski definition) is 1. The van der Waals surface area contributed by atoms with Crippen LogP contribution in [0.1, 0.15) is 44.3 Å². The Kier molecular flexibility index (Phi) is 5.11. The van der Waals surface area contributed by atoms with Gasteiger partial charge in [0, 0.05) is 18.2 Å². The second kappa shape index (κ2) is 6.64. The van der Waals surface area contributed by atoms with E-state index in [0.29, 0.717) is 12.6 Å². The van der Waals surface area contributed by atoms with E-state index in [1.807, 2.05) is 7.05 Å². The third-order valence-electron chi connectivity index (χ3n) is 4.41. The van der Waals surface area contributed by atoms with Crippen LogP contribution in [-0.4, -0.2) is 29.6 Å². The highest BCUT2D eigenvalue weighted by Crippen LogP contribution is 2.28. The van der Waals surface area contributed by atoms with E-state index < -0.39 is 17.7 Å². The van der Waals surface area contributed by atoms with Crippen LogP contribution < -0.4 is 0 Å². The number of hydrogen-bond acceptors (Lipinski definition) is 2. The van der Waals surface area contributed by atoms with E-state index in [9.17, 15) is 13.9 Å². The zero-order chi connectivity index (χ0) is 14.7. The van der Waals surface area contributed by atoms with Crippen molar-refractivity contribution in [3.05, 3.63) is 35.4 Å². The highest BCUT2D eigenvalue weighted by molar-refractivity contribution is 5.21. The fourth-order valence-corrected chi connectivity index (χ4v) is 2.98. The molecule has 2 rings (SSSR count). The van der Waals surface area contributed by atoms with Gasteiger partial charge in [0.2, 0.25) is 0 Å². The Balaban J connectivity index is 1.97. The van der Waals surface area contributed by atoms with Crippen molar-refractivity contribution in [3.8, 4) is 0 Å². The van der Waals surface area contributed by atoms with Gasteiger partial charge >= 0.3 is 0 Å². The molecule has 112 valence electrons. The van der Waals surface area contributed by atoms with Gasteiger partial charge in [-0.2, -0.15) is 0 Å². The van der Waals surface area contributed by atoms with E-state index >= 15 is 0 Å². The molecule has 1 fully saturated rings. The van der Waals surface area contributed by atoms with Gasteiger partial charge in [-0.15, -0.1) is 0 Å². The molecule has 0 heterocycles. The summed E-state index contributed by atoms with van der Waals surface area (Å²) in [6, 6.07) is 4.37. The standard InChI is InChI=1S/C16H23F2NO/c1-11-6-8-12(9-7-11)19(2)10-15(20)13-4-3-5-14(17)16(13)18/h3-5,11-12,15,20H,6-10H2,1-2H3. The molecule has 1 atom stereocenters. The summed E-state index contributed by atoms with van der Waals surface area (Å²) in [7, 11) is 1.95. The molecule has 2 nitrogen and oxygen atoms in total. The Morgan fingerprint density at radius 2 is 1.90 bits per heavy atom. The number of rotatable bonds is 4. The molecule has 1 aliphatic carbocycles. The van der Waals surface area contributed by atoms with E-state index in [0.717, 1.165) is 24.8 Å². The predicted octanol–water partition coefficient (Wildman–Crippen LogP) is 3.51. The maximum Gasteiger partial charge on any atom is 0.164 e. The summed E-state index contributed by atoms with van der Waals surface area (Å²) in [5.74, 6) is -1.08. The van der Waals surface area contributed by atoms with Crippen LogP contribution in [0.3, 0.4) is 0 Å². The van der Waals surface area contributed by atoms with E-state index in [2.05, 4.69) is 11.8 Å². The first-order chi connectivity index (χ1) is 9.49. The van der Waals surface area contributed by atoms with Crippen LogP contribution >= 0.6 is 0 Å². The van der Waals surface area contributed by atoms with Gasteiger partial charge in [0.15, 0.2) is 11.6 Å². The van der Waals surface area contributed by atoms with E-state index in [1.165, 1.54) is 25.0 Å². The molecular formula is C16H23F2NO. The molecule has 0 amide bonds. The first-order valence-electron chi connectivity index (χ1n) is 7.31. The molecule has 20 heavy (non-hydrogen) atoms. The van der Waals surface area contributed by atoms with Gasteiger partial charge in [0.05, 0.1) is 6.10 Å². The quantitative estimate of drug-likeness (QED) is 0.914. The molecule has 0 radical (unpaired) electrons. The summed E-state index contributed by atoms with van der Waals surface area (Å²) in [5, 5.41) is 10.1. The van der Waals surface area contributed by atoms with E-state index in [-0.39, 0.29) is 5.56 Å². The molecule has 1 unspecified atom stereocenters. The number of halogens is 2. The molecule has 1 aromatic carbocycles. The lowest BCUT2D eigenvalue weighted by Crippen LogP contribution is -2.37. The van der Waals surface area contributed by atoms with Crippen molar-refractivity contribution in [2.45, 2.75) is 44.8 Å². The van der Waals surface area contributed by atoms with Crippen molar-refractivity contribution in [3.63, 3.8) is 0 Å². The molecule has 1 saturated carbocycles. The lowest BCUT2D eigenvalue weighted by molar-refractivity contribution is 0.0832. The molecule has 0 spiro atoms. The number of aliphatic hydroxyl groups excluding tert-OH is 1. The molecule has 0 aliphatic heterocycles. The Bertz CT molecular complexity index is 444. The highest BCUT2D eigenvalue weighted by Gasteiger charge is 2.24. The van der Waals surface area contributed by atoms with Crippen molar-refractivity contribution >= 4 is 0 Å². The van der Waals surface area contributed by atoms with Crippen molar-refractivity contribution in [2.75, 3.05) is 13.6 Å². The van der Waals surface area contributed by atoms with Crippen molar-refractivity contribution in [1.29, 1.82) is 0 Å². The SMILES string of the molecule is CC1CCC(N(C)CC(O)c2cccc(F)c2F)CC1. The molecule has 0 saturated heterocycles. The summed E-state index contributed by atoms with van der Waals surface area (Å²) in [4.78, 5) is 2.07. The highest BCUT2D eigenvalue weighted by atomic mass is 19.2. The molecule has 0 aromatic heterocycles. The summed E-state index contributed by atoms with van der Waals surface area (Å²) in [5.41, 5.74) is 0.0426. The maximum atomic E-state index is 13.6. The zero-order valence-electron chi connectivity index (χ0n) is 12.1. The largest absolute Gasteiger partial charge is 0.387 e. The Labute approximate surface area is 119 Å². The minimum atomic E-state index is -0.991. The number of benzene rings is 1. The monoisotopic (exact) mass is 283 g/mol. The summed E-state index contributed by atoms with van der Waals surface area (Å²) < 4.78 is 26.8. The smallest absolute Gasteiger partial charge is 0.164 e. The van der Waals surface area contributed by atoms with Gasteiger partial charge in [-0.3, -0.25) is 0 Å². The minimum Gasteiger partial charge on any atom is -0.387 e. The Morgan fingerprint density at radius 1 is 1.25 bits per heavy atom. The van der Waals surface area contributed by atoms with Gasteiger partial charge in [-0.25, -0.2) is 8.78 Å². The van der Waals surface area contributed by atoms with Crippen molar-refractivity contribution < 1.29 is 13.9 Å². The van der Waals surface area contributed by atoms with Gasteiger partial charge in [-0.1, -0.05) is 19.1 Å². The lowest BCUT2D eigenvalue weighted by atomic mass is 9.86. The molecule has 4 heteroatoms. The van der Waals surface area contributed by atoms with Crippen LogP contribution in [0.25, 0.3) is 0 Å². The second-order valence-corrected chi connectivity index (χ2v) is 6.01. The Hall–Kier alpha value is -1.00. The van der Waals surface area contributed by atoms with Gasteiger partial charge in [0.25, 0.3) is 0 Å². The summed E-state index contributed by atoms with van der Waals surface area (Å²) >= 11 is 0. The third-order valence-corrected chi connectivity index (χ3v) is 4.41. The van der Waals surface area contributed by atoms with Crippen molar-refractivity contribution in [2.24, 2.45) is 5.92 Å². The maximum absolute atomic E-state index is 13.6. The van der Waals surface area contributed by atoms with E-state index in [4.69, 9.17) is 0 Å². The number of nitrogens with zero attached hydrogens (tertiary/aromatic N) is 1. The Morgan fingerprint density at radius 3 is 2.55 bits per heavy atom.